The first kappa shape index (κ1) is 33.4. The van der Waals surface area contributed by atoms with Gasteiger partial charge < -0.3 is 9.13 Å². The summed E-state index contributed by atoms with van der Waals surface area (Å²) in [5.41, 5.74) is 16.8. The van der Waals surface area contributed by atoms with Crippen LogP contribution in [0.15, 0.2) is 206 Å². The summed E-state index contributed by atoms with van der Waals surface area (Å²) in [6, 6.07) is 68.8. The molecule has 266 valence electrons. The zero-order valence-electron chi connectivity index (χ0n) is 31.5. The van der Waals surface area contributed by atoms with Crippen molar-refractivity contribution >= 4 is 49.2 Å². The van der Waals surface area contributed by atoms with Gasteiger partial charge in [0.2, 0.25) is 0 Å². The van der Waals surface area contributed by atoms with Crippen molar-refractivity contribution in [3.63, 3.8) is 0 Å². The molecule has 10 aromatic rings. The number of benzene rings is 8. The summed E-state index contributed by atoms with van der Waals surface area (Å²) in [6.45, 7) is 4.16. The van der Waals surface area contributed by atoms with E-state index in [1.807, 2.05) is 0 Å². The Labute approximate surface area is 327 Å². The minimum atomic E-state index is 1.15. The fourth-order valence-corrected chi connectivity index (χ4v) is 8.54. The second-order valence-corrected chi connectivity index (χ2v) is 14.5. The molecule has 0 saturated heterocycles. The largest absolute Gasteiger partial charge is 0.309 e. The van der Waals surface area contributed by atoms with Crippen LogP contribution in [-0.2, 0) is 0 Å². The molecule has 0 bridgehead atoms. The number of fused-ring (bicyclic) bond motifs is 6. The maximum Gasteiger partial charge on any atom is 0.0541 e. The topological polar surface area (TPSA) is 9.86 Å². The van der Waals surface area contributed by atoms with Crippen LogP contribution in [0.3, 0.4) is 0 Å². The van der Waals surface area contributed by atoms with Crippen LogP contribution in [0.25, 0.3) is 93.9 Å². The van der Waals surface area contributed by atoms with Gasteiger partial charge in [-0.25, -0.2) is 0 Å². The third kappa shape index (κ3) is 5.66. The van der Waals surface area contributed by atoms with Gasteiger partial charge in [0.1, 0.15) is 0 Å². The Morgan fingerprint density at radius 2 is 0.839 bits per heavy atom. The first-order valence-corrected chi connectivity index (χ1v) is 19.4. The summed E-state index contributed by atoms with van der Waals surface area (Å²) in [7, 11) is 0. The van der Waals surface area contributed by atoms with Crippen LogP contribution in [0, 0.1) is 0 Å². The second-order valence-electron chi connectivity index (χ2n) is 14.5. The molecule has 56 heavy (non-hydrogen) atoms. The minimum Gasteiger partial charge on any atom is -0.309 e. The second kappa shape index (κ2) is 13.9. The maximum atomic E-state index is 2.41. The zero-order valence-corrected chi connectivity index (χ0v) is 31.5. The molecule has 0 aliphatic heterocycles. The molecule has 0 fully saturated rings. The van der Waals surface area contributed by atoms with Gasteiger partial charge in [0, 0.05) is 32.9 Å². The number of hydrogen-bond donors (Lipinski definition) is 0. The predicted octanol–water partition coefficient (Wildman–Crippen LogP) is 14.9. The van der Waals surface area contributed by atoms with E-state index in [9.17, 15) is 0 Å². The Hall–Kier alpha value is -7.16. The summed E-state index contributed by atoms with van der Waals surface area (Å²) in [5.74, 6) is 0. The van der Waals surface area contributed by atoms with Crippen molar-refractivity contribution in [2.24, 2.45) is 0 Å². The average Bonchev–Trinajstić information content (AvgIpc) is 3.78. The molecule has 0 unspecified atom stereocenters. The summed E-state index contributed by atoms with van der Waals surface area (Å²) < 4.78 is 4.81. The van der Waals surface area contributed by atoms with Crippen LogP contribution in [0.2, 0.25) is 0 Å². The third-order valence-corrected chi connectivity index (χ3v) is 11.2. The van der Waals surface area contributed by atoms with Crippen molar-refractivity contribution in [3.8, 4) is 44.8 Å². The van der Waals surface area contributed by atoms with Gasteiger partial charge in [-0.15, -0.1) is 0 Å². The van der Waals surface area contributed by atoms with E-state index in [4.69, 9.17) is 0 Å². The normalized spacial score (nSPS) is 12.1. The van der Waals surface area contributed by atoms with E-state index in [1.54, 1.807) is 0 Å². The summed E-state index contributed by atoms with van der Waals surface area (Å²) in [4.78, 5) is 0. The van der Waals surface area contributed by atoms with E-state index in [0.29, 0.717) is 0 Å². The Morgan fingerprint density at radius 3 is 1.46 bits per heavy atom. The first-order valence-electron chi connectivity index (χ1n) is 19.4. The molecule has 0 N–H and O–H groups in total. The van der Waals surface area contributed by atoms with Gasteiger partial charge in [0.15, 0.2) is 0 Å². The van der Waals surface area contributed by atoms with Crippen LogP contribution in [0.5, 0.6) is 0 Å². The van der Waals surface area contributed by atoms with E-state index < -0.39 is 0 Å². The van der Waals surface area contributed by atoms with Gasteiger partial charge in [-0.1, -0.05) is 140 Å². The van der Waals surface area contributed by atoms with Crippen molar-refractivity contribution in [2.75, 3.05) is 0 Å². The number of nitrogens with zero attached hydrogens (tertiary/aromatic N) is 2. The molecule has 2 aromatic heterocycles. The summed E-state index contributed by atoms with van der Waals surface area (Å²) in [6.07, 6.45) is 6.43. The Kier molecular flexibility index (Phi) is 8.30. The molecular formula is C54H40N2. The minimum absolute atomic E-state index is 1.15. The van der Waals surface area contributed by atoms with E-state index >= 15 is 0 Å². The molecule has 0 aliphatic rings. The van der Waals surface area contributed by atoms with Gasteiger partial charge in [-0.3, -0.25) is 0 Å². The highest BCUT2D eigenvalue weighted by Crippen LogP contribution is 2.39. The van der Waals surface area contributed by atoms with Crippen LogP contribution >= 0.6 is 0 Å². The molecule has 2 heterocycles. The monoisotopic (exact) mass is 716 g/mol. The van der Waals surface area contributed by atoms with Gasteiger partial charge >= 0.3 is 0 Å². The highest BCUT2D eigenvalue weighted by atomic mass is 15.0. The highest BCUT2D eigenvalue weighted by molar-refractivity contribution is 6.12. The maximum absolute atomic E-state index is 2.41. The molecule has 0 spiro atoms. The number of allylic oxidation sites excluding steroid dienone is 4. The quantitative estimate of drug-likeness (QED) is 0.145. The third-order valence-electron chi connectivity index (χ3n) is 11.2. The van der Waals surface area contributed by atoms with Crippen molar-refractivity contribution in [1.29, 1.82) is 0 Å². The standard InChI is InChI=1S/C54H40N2/c1-3-14-37(4-2)40-17-12-18-41(33-40)39-25-29-45(30-26-39)55-51-23-10-8-21-47(51)49-35-43(27-31-53(49)55)44-28-32-54-50(36-44)48-22-9-11-24-52(48)56(54)46-20-13-19-42(34-46)38-15-6-5-7-16-38/h3-36H,1-2H3/b14-3-,37-4+. The molecule has 8 aromatic carbocycles. The molecule has 0 radical (unpaired) electrons. The molecule has 0 aliphatic carbocycles. The molecule has 0 amide bonds. The van der Waals surface area contributed by atoms with Crippen molar-refractivity contribution in [1.82, 2.24) is 9.13 Å². The molecule has 0 atom stereocenters. The smallest absolute Gasteiger partial charge is 0.0541 e. The van der Waals surface area contributed by atoms with E-state index in [0.717, 1.165) is 11.4 Å². The fourth-order valence-electron chi connectivity index (χ4n) is 8.54. The lowest BCUT2D eigenvalue weighted by Crippen LogP contribution is -1.94. The van der Waals surface area contributed by atoms with Crippen LogP contribution in [-0.4, -0.2) is 9.13 Å². The van der Waals surface area contributed by atoms with Crippen LogP contribution in [0.1, 0.15) is 19.4 Å². The van der Waals surface area contributed by atoms with Gasteiger partial charge in [-0.2, -0.15) is 0 Å². The average molecular weight is 717 g/mol. The van der Waals surface area contributed by atoms with Crippen LogP contribution in [0.4, 0.5) is 0 Å². The number of aromatic nitrogens is 2. The molecule has 0 saturated carbocycles. The Balaban J connectivity index is 1.05. The predicted molar refractivity (Wildman–Crippen MR) is 240 cm³/mol. The molecule has 2 nitrogen and oxygen atoms in total. The molecular weight excluding hydrogens is 677 g/mol. The number of para-hydroxylation sites is 2. The van der Waals surface area contributed by atoms with Gasteiger partial charge in [0.25, 0.3) is 0 Å². The number of rotatable bonds is 7. The lowest BCUT2D eigenvalue weighted by atomic mass is 9.98. The first-order chi connectivity index (χ1) is 27.7. The van der Waals surface area contributed by atoms with Gasteiger partial charge in [0.05, 0.1) is 22.1 Å². The van der Waals surface area contributed by atoms with E-state index in [2.05, 4.69) is 229 Å². The van der Waals surface area contributed by atoms with E-state index in [-0.39, 0.29) is 0 Å². The zero-order chi connectivity index (χ0) is 37.6. The molecule has 10 rings (SSSR count). The SMILES string of the molecule is C/C=C\C(=C/C)c1cccc(-c2ccc(-n3c4ccccc4c4cc(-c5ccc6c(c5)c5ccccc5n6-c5cccc(-c6ccccc6)c5)ccc43)cc2)c1. The highest BCUT2D eigenvalue weighted by Gasteiger charge is 2.16. The summed E-state index contributed by atoms with van der Waals surface area (Å²) >= 11 is 0. The van der Waals surface area contributed by atoms with Gasteiger partial charge in [-0.05, 0) is 125 Å². The fraction of sp³-hybridized carbons (Fsp3) is 0.0370. The molecule has 2 heteroatoms. The van der Waals surface area contributed by atoms with Crippen molar-refractivity contribution in [2.45, 2.75) is 13.8 Å². The van der Waals surface area contributed by atoms with Crippen LogP contribution < -0.4 is 0 Å². The van der Waals surface area contributed by atoms with Crippen molar-refractivity contribution in [3.05, 3.63) is 212 Å². The lowest BCUT2D eigenvalue weighted by molar-refractivity contribution is 1.18. The Morgan fingerprint density at radius 1 is 0.357 bits per heavy atom. The number of hydrogen-bond acceptors (Lipinski definition) is 0. The lowest BCUT2D eigenvalue weighted by Gasteiger charge is -2.11. The van der Waals surface area contributed by atoms with E-state index in [1.165, 1.54) is 88.1 Å². The van der Waals surface area contributed by atoms with Crippen molar-refractivity contribution < 1.29 is 0 Å². The summed E-state index contributed by atoms with van der Waals surface area (Å²) in [5, 5.41) is 5.00. The Bertz CT molecular complexity index is 3130.